The Morgan fingerprint density at radius 1 is 1.00 bits per heavy atom. The van der Waals surface area contributed by atoms with Crippen molar-refractivity contribution in [3.63, 3.8) is 0 Å². The lowest BCUT2D eigenvalue weighted by atomic mass is 9.75. The SMILES string of the molecule is CCC(C)(CC(CC(C)(C)C(=O)OCCO)N1CCCC1=O)C(=O)OC(C[Si](C)(C)C)C[Si](C)(C)C. The number of aliphatic hydroxyl groups is 1. The van der Waals surface area contributed by atoms with Crippen molar-refractivity contribution in [3.05, 3.63) is 0 Å². The number of likely N-dealkylation sites (tertiary alicyclic amines) is 1. The minimum atomic E-state index is -1.45. The van der Waals surface area contributed by atoms with Crippen molar-refractivity contribution in [1.82, 2.24) is 4.90 Å². The number of nitrogens with zero attached hydrogens (tertiary/aromatic N) is 1. The van der Waals surface area contributed by atoms with E-state index in [-0.39, 0.29) is 37.2 Å². The smallest absolute Gasteiger partial charge is 0.312 e. The second-order valence-corrected chi connectivity index (χ2v) is 25.0. The van der Waals surface area contributed by atoms with Crippen molar-refractivity contribution >= 4 is 34.0 Å². The number of aliphatic hydroxyl groups excluding tert-OH is 1. The van der Waals surface area contributed by atoms with Gasteiger partial charge in [-0.25, -0.2) is 0 Å². The van der Waals surface area contributed by atoms with Crippen LogP contribution in [-0.2, 0) is 23.9 Å². The maximum Gasteiger partial charge on any atom is 0.312 e. The molecule has 0 aromatic rings. The zero-order chi connectivity index (χ0) is 27.9. The largest absolute Gasteiger partial charge is 0.463 e. The summed E-state index contributed by atoms with van der Waals surface area (Å²) in [7, 11) is -2.90. The molecule has 1 saturated heterocycles. The average Bonchev–Trinajstić information content (AvgIpc) is 3.14. The Balaban J connectivity index is 3.19. The second-order valence-electron chi connectivity index (χ2n) is 14.0. The molecule has 1 amide bonds. The molecule has 1 rings (SSSR count). The van der Waals surface area contributed by atoms with E-state index >= 15 is 0 Å². The summed E-state index contributed by atoms with van der Waals surface area (Å²) in [6.07, 6.45) is 2.63. The highest BCUT2D eigenvalue weighted by Gasteiger charge is 2.44. The number of ether oxygens (including phenoxy) is 2. The molecular weight excluding hydrogens is 490 g/mol. The second kappa shape index (κ2) is 13.0. The zero-order valence-electron chi connectivity index (χ0n) is 24.7. The van der Waals surface area contributed by atoms with Gasteiger partial charge in [0, 0.05) is 35.2 Å². The molecule has 2 unspecified atom stereocenters. The molecule has 1 aliphatic heterocycles. The summed E-state index contributed by atoms with van der Waals surface area (Å²) in [5, 5.41) is 9.05. The van der Waals surface area contributed by atoms with Crippen molar-refractivity contribution in [2.24, 2.45) is 10.8 Å². The maximum absolute atomic E-state index is 13.7. The third kappa shape index (κ3) is 10.7. The van der Waals surface area contributed by atoms with Crippen LogP contribution < -0.4 is 0 Å². The minimum Gasteiger partial charge on any atom is -0.463 e. The maximum atomic E-state index is 13.7. The fraction of sp³-hybridized carbons (Fsp3) is 0.889. The highest BCUT2D eigenvalue weighted by Crippen LogP contribution is 2.38. The molecule has 9 heteroatoms. The van der Waals surface area contributed by atoms with Crippen LogP contribution in [0.3, 0.4) is 0 Å². The number of carbonyl (C=O) groups is 3. The van der Waals surface area contributed by atoms with Crippen molar-refractivity contribution < 1.29 is 29.0 Å². The number of hydrogen-bond donors (Lipinski definition) is 1. The highest BCUT2D eigenvalue weighted by atomic mass is 28.3. The van der Waals surface area contributed by atoms with E-state index in [4.69, 9.17) is 14.6 Å². The number of rotatable bonds is 15. The third-order valence-corrected chi connectivity index (χ3v) is 10.4. The van der Waals surface area contributed by atoms with Crippen LogP contribution in [0.4, 0.5) is 0 Å². The van der Waals surface area contributed by atoms with Crippen LogP contribution in [0.25, 0.3) is 0 Å². The highest BCUT2D eigenvalue weighted by molar-refractivity contribution is 6.78. The predicted molar refractivity (Wildman–Crippen MR) is 150 cm³/mol. The lowest BCUT2D eigenvalue weighted by molar-refractivity contribution is -0.162. The summed E-state index contributed by atoms with van der Waals surface area (Å²) in [6.45, 7) is 21.8. The van der Waals surface area contributed by atoms with E-state index in [2.05, 4.69) is 39.3 Å². The van der Waals surface area contributed by atoms with Gasteiger partial charge in [0.25, 0.3) is 0 Å². The Kier molecular flexibility index (Phi) is 11.9. The fourth-order valence-corrected chi connectivity index (χ4v) is 8.54. The van der Waals surface area contributed by atoms with Crippen LogP contribution in [0.2, 0.25) is 51.4 Å². The first kappa shape index (κ1) is 32.8. The van der Waals surface area contributed by atoms with Crippen molar-refractivity contribution in [3.8, 4) is 0 Å². The van der Waals surface area contributed by atoms with Gasteiger partial charge < -0.3 is 19.5 Å². The van der Waals surface area contributed by atoms with Gasteiger partial charge in [0.05, 0.1) is 23.5 Å². The van der Waals surface area contributed by atoms with Gasteiger partial charge in [-0.15, -0.1) is 0 Å². The van der Waals surface area contributed by atoms with E-state index in [0.29, 0.717) is 32.2 Å². The van der Waals surface area contributed by atoms with Crippen molar-refractivity contribution in [1.29, 1.82) is 0 Å². The first-order valence-electron chi connectivity index (χ1n) is 13.6. The summed E-state index contributed by atoms with van der Waals surface area (Å²) >= 11 is 0. The topological polar surface area (TPSA) is 93.1 Å². The fourth-order valence-electron chi connectivity index (χ4n) is 5.06. The Hall–Kier alpha value is -1.20. The molecule has 0 radical (unpaired) electrons. The van der Waals surface area contributed by atoms with E-state index in [0.717, 1.165) is 18.5 Å². The standard InChI is InChI=1S/C27H53NO6Si2/c1-11-27(4,25(32)34-22(19-35(5,6)7)20-36(8,9)10)18-21(28-14-12-13-23(28)30)17-26(2,3)24(31)33-16-15-29/h21-22,29H,11-20H2,1-10H3. The number of amides is 1. The molecule has 7 nitrogen and oxygen atoms in total. The number of esters is 2. The molecule has 1 heterocycles. The molecule has 210 valence electrons. The van der Waals surface area contributed by atoms with Gasteiger partial charge in [0.1, 0.15) is 6.61 Å². The lowest BCUT2D eigenvalue weighted by Gasteiger charge is -2.39. The minimum absolute atomic E-state index is 0.0514. The Bertz CT molecular complexity index is 742. The van der Waals surface area contributed by atoms with Crippen LogP contribution in [0.5, 0.6) is 0 Å². The molecule has 0 bridgehead atoms. The van der Waals surface area contributed by atoms with E-state index in [1.165, 1.54) is 0 Å². The van der Waals surface area contributed by atoms with Crippen LogP contribution >= 0.6 is 0 Å². The van der Waals surface area contributed by atoms with E-state index in [1.807, 2.05) is 18.7 Å². The van der Waals surface area contributed by atoms with Crippen LogP contribution in [0.1, 0.15) is 59.8 Å². The third-order valence-electron chi connectivity index (χ3n) is 7.09. The Labute approximate surface area is 221 Å². The van der Waals surface area contributed by atoms with Gasteiger partial charge in [0.2, 0.25) is 5.91 Å². The normalized spacial score (nSPS) is 17.8. The quantitative estimate of drug-likeness (QED) is 0.222. The van der Waals surface area contributed by atoms with Crippen LogP contribution in [0, 0.1) is 10.8 Å². The van der Waals surface area contributed by atoms with Crippen LogP contribution in [0.15, 0.2) is 0 Å². The van der Waals surface area contributed by atoms with Gasteiger partial charge in [-0.2, -0.15) is 0 Å². The molecule has 1 aliphatic rings. The van der Waals surface area contributed by atoms with Crippen LogP contribution in [-0.4, -0.2) is 75.9 Å². The average molecular weight is 544 g/mol. The van der Waals surface area contributed by atoms with E-state index < -0.39 is 32.9 Å². The summed E-state index contributed by atoms with van der Waals surface area (Å²) < 4.78 is 11.5. The van der Waals surface area contributed by atoms with Gasteiger partial charge >= 0.3 is 11.9 Å². The first-order valence-corrected chi connectivity index (χ1v) is 21.0. The molecular formula is C27H53NO6Si2. The molecule has 0 aromatic heterocycles. The Morgan fingerprint density at radius 3 is 1.97 bits per heavy atom. The molecule has 36 heavy (non-hydrogen) atoms. The van der Waals surface area contributed by atoms with E-state index in [9.17, 15) is 14.4 Å². The molecule has 1 N–H and O–H groups in total. The van der Waals surface area contributed by atoms with Crippen molar-refractivity contribution in [2.45, 2.75) is 123 Å². The monoisotopic (exact) mass is 543 g/mol. The summed E-state index contributed by atoms with van der Waals surface area (Å²) in [6, 6.07) is 1.61. The van der Waals surface area contributed by atoms with Gasteiger partial charge in [-0.05, 0) is 58.5 Å². The molecule has 0 spiro atoms. The van der Waals surface area contributed by atoms with Crippen molar-refractivity contribution in [2.75, 3.05) is 19.8 Å². The number of carbonyl (C=O) groups excluding carboxylic acids is 3. The summed E-state index contributed by atoms with van der Waals surface area (Å²) in [5.74, 6) is -0.523. The zero-order valence-corrected chi connectivity index (χ0v) is 26.7. The molecule has 0 aromatic carbocycles. The predicted octanol–water partition coefficient (Wildman–Crippen LogP) is 5.32. The van der Waals surface area contributed by atoms with E-state index in [1.54, 1.807) is 13.8 Å². The molecule has 2 atom stereocenters. The van der Waals surface area contributed by atoms with Gasteiger partial charge in [-0.1, -0.05) is 46.2 Å². The molecule has 1 fully saturated rings. The first-order chi connectivity index (χ1) is 16.3. The van der Waals surface area contributed by atoms with Gasteiger partial charge in [0.15, 0.2) is 0 Å². The lowest BCUT2D eigenvalue weighted by Crippen LogP contribution is -2.47. The summed E-state index contributed by atoms with van der Waals surface area (Å²) in [5.41, 5.74) is -1.63. The Morgan fingerprint density at radius 2 is 1.56 bits per heavy atom. The van der Waals surface area contributed by atoms with Gasteiger partial charge in [-0.3, -0.25) is 14.4 Å². The molecule has 0 saturated carbocycles. The summed E-state index contributed by atoms with van der Waals surface area (Å²) in [4.78, 5) is 41.1. The number of hydrogen-bond acceptors (Lipinski definition) is 6. The molecule has 0 aliphatic carbocycles.